The lowest BCUT2D eigenvalue weighted by atomic mass is 10.1. The van der Waals surface area contributed by atoms with Gasteiger partial charge in [0, 0.05) is 12.1 Å². The van der Waals surface area contributed by atoms with Gasteiger partial charge >= 0.3 is 0 Å². The molecule has 2 rings (SSSR count). The highest BCUT2D eigenvalue weighted by Crippen LogP contribution is 2.35. The van der Waals surface area contributed by atoms with Crippen LogP contribution in [0.3, 0.4) is 0 Å². The van der Waals surface area contributed by atoms with E-state index in [0.29, 0.717) is 0 Å². The van der Waals surface area contributed by atoms with E-state index in [9.17, 15) is 8.78 Å². The van der Waals surface area contributed by atoms with Gasteiger partial charge in [0.15, 0.2) is 5.82 Å². The fourth-order valence-electron chi connectivity index (χ4n) is 1.68. The molecule has 3 nitrogen and oxygen atoms in total. The van der Waals surface area contributed by atoms with Crippen LogP contribution in [0.15, 0.2) is 12.1 Å². The standard InChI is InChI=1S/C11H10F2N2O/c1-6-9(2-3-14)16-10-5-7(12)4-8(13)11(10)15-6/h4-6,9,15H,2H2,1H3. The highest BCUT2D eigenvalue weighted by Gasteiger charge is 2.28. The van der Waals surface area contributed by atoms with Crippen molar-refractivity contribution in [3.63, 3.8) is 0 Å². The van der Waals surface area contributed by atoms with Gasteiger partial charge in [-0.3, -0.25) is 0 Å². The third kappa shape index (κ3) is 1.78. The Bertz CT molecular complexity index is 456. The summed E-state index contributed by atoms with van der Waals surface area (Å²) in [7, 11) is 0. The molecular weight excluding hydrogens is 214 g/mol. The first kappa shape index (κ1) is 10.7. The maximum absolute atomic E-state index is 13.4. The summed E-state index contributed by atoms with van der Waals surface area (Å²) in [6.07, 6.45) is -0.218. The van der Waals surface area contributed by atoms with Crippen molar-refractivity contribution in [1.82, 2.24) is 0 Å². The molecule has 0 saturated heterocycles. The monoisotopic (exact) mass is 224 g/mol. The molecule has 1 N–H and O–H groups in total. The van der Waals surface area contributed by atoms with Crippen molar-refractivity contribution in [3.8, 4) is 11.8 Å². The Hall–Kier alpha value is -1.83. The van der Waals surface area contributed by atoms with E-state index in [1.165, 1.54) is 0 Å². The van der Waals surface area contributed by atoms with Gasteiger partial charge in [-0.15, -0.1) is 0 Å². The Morgan fingerprint density at radius 2 is 2.25 bits per heavy atom. The molecule has 1 aliphatic rings. The third-order valence-corrected chi connectivity index (χ3v) is 2.52. The van der Waals surface area contributed by atoms with E-state index in [0.717, 1.165) is 12.1 Å². The molecular formula is C11H10F2N2O. The van der Waals surface area contributed by atoms with Crippen LogP contribution >= 0.6 is 0 Å². The van der Waals surface area contributed by atoms with Gasteiger partial charge in [-0.05, 0) is 6.92 Å². The van der Waals surface area contributed by atoms with Crippen LogP contribution in [0.5, 0.6) is 5.75 Å². The highest BCUT2D eigenvalue weighted by molar-refractivity contribution is 5.60. The molecule has 0 saturated carbocycles. The second-order valence-electron chi connectivity index (χ2n) is 3.71. The summed E-state index contributed by atoms with van der Waals surface area (Å²) in [5.41, 5.74) is 0.156. The predicted octanol–water partition coefficient (Wildman–Crippen LogP) is 2.44. The van der Waals surface area contributed by atoms with Crippen molar-refractivity contribution >= 4 is 5.69 Å². The quantitative estimate of drug-likeness (QED) is 0.796. The number of nitrogens with zero attached hydrogens (tertiary/aromatic N) is 1. The highest BCUT2D eigenvalue weighted by atomic mass is 19.1. The molecule has 2 unspecified atom stereocenters. The van der Waals surface area contributed by atoms with Gasteiger partial charge in [-0.25, -0.2) is 8.78 Å². The van der Waals surface area contributed by atoms with Crippen LogP contribution in [-0.2, 0) is 0 Å². The lowest BCUT2D eigenvalue weighted by Crippen LogP contribution is -2.39. The molecule has 1 aromatic carbocycles. The average molecular weight is 224 g/mol. The normalized spacial score (nSPS) is 22.6. The zero-order valence-corrected chi connectivity index (χ0v) is 8.63. The number of hydrogen-bond donors (Lipinski definition) is 1. The molecule has 84 valence electrons. The van der Waals surface area contributed by atoms with Crippen molar-refractivity contribution in [2.45, 2.75) is 25.5 Å². The number of rotatable bonds is 1. The van der Waals surface area contributed by atoms with E-state index in [1.54, 1.807) is 6.92 Å². The largest absolute Gasteiger partial charge is 0.485 e. The van der Waals surface area contributed by atoms with E-state index in [1.807, 2.05) is 6.07 Å². The Kier molecular flexibility index (Phi) is 2.65. The number of halogens is 2. The summed E-state index contributed by atoms with van der Waals surface area (Å²) in [4.78, 5) is 0. The second-order valence-corrected chi connectivity index (χ2v) is 3.71. The van der Waals surface area contributed by atoms with Gasteiger partial charge in [-0.2, -0.15) is 5.26 Å². The molecule has 1 aliphatic heterocycles. The maximum Gasteiger partial charge on any atom is 0.153 e. The topological polar surface area (TPSA) is 45.0 Å². The van der Waals surface area contributed by atoms with E-state index >= 15 is 0 Å². The second kappa shape index (κ2) is 3.97. The van der Waals surface area contributed by atoms with Crippen molar-refractivity contribution in [2.24, 2.45) is 0 Å². The summed E-state index contributed by atoms with van der Waals surface area (Å²) < 4.78 is 31.7. The van der Waals surface area contributed by atoms with Crippen LogP contribution in [0.1, 0.15) is 13.3 Å². The van der Waals surface area contributed by atoms with Gasteiger partial charge in [0.25, 0.3) is 0 Å². The Morgan fingerprint density at radius 3 is 2.94 bits per heavy atom. The number of ether oxygens (including phenoxy) is 1. The van der Waals surface area contributed by atoms with Crippen LogP contribution in [0.4, 0.5) is 14.5 Å². The SMILES string of the molecule is CC1Nc2c(F)cc(F)cc2OC1CC#N. The average Bonchev–Trinajstić information content (AvgIpc) is 2.21. The van der Waals surface area contributed by atoms with Crippen molar-refractivity contribution in [1.29, 1.82) is 5.26 Å². The van der Waals surface area contributed by atoms with Crippen molar-refractivity contribution in [3.05, 3.63) is 23.8 Å². The molecule has 1 aromatic rings. The van der Waals surface area contributed by atoms with Crippen LogP contribution in [0.2, 0.25) is 0 Å². The van der Waals surface area contributed by atoms with E-state index < -0.39 is 17.7 Å². The van der Waals surface area contributed by atoms with Gasteiger partial charge in [0.05, 0.1) is 18.5 Å². The fraction of sp³-hybridized carbons (Fsp3) is 0.364. The number of nitrogens with one attached hydrogen (secondary N) is 1. The summed E-state index contributed by atoms with van der Waals surface area (Å²) in [5.74, 6) is -1.25. The Labute approximate surface area is 91.6 Å². The molecule has 5 heteroatoms. The molecule has 0 amide bonds. The van der Waals surface area contributed by atoms with E-state index in [4.69, 9.17) is 10.00 Å². The first-order valence-electron chi connectivity index (χ1n) is 4.91. The van der Waals surface area contributed by atoms with Crippen LogP contribution in [0.25, 0.3) is 0 Å². The minimum Gasteiger partial charge on any atom is -0.485 e. The molecule has 1 heterocycles. The lowest BCUT2D eigenvalue weighted by molar-refractivity contribution is 0.177. The van der Waals surface area contributed by atoms with Crippen molar-refractivity contribution < 1.29 is 13.5 Å². The molecule has 16 heavy (non-hydrogen) atoms. The smallest absolute Gasteiger partial charge is 0.153 e. The van der Waals surface area contributed by atoms with Gasteiger partial charge < -0.3 is 10.1 Å². The zero-order valence-electron chi connectivity index (χ0n) is 8.63. The number of nitriles is 1. The summed E-state index contributed by atoms with van der Waals surface area (Å²) in [6, 6.07) is 3.70. The first-order chi connectivity index (χ1) is 7.61. The first-order valence-corrected chi connectivity index (χ1v) is 4.91. The van der Waals surface area contributed by atoms with Crippen LogP contribution < -0.4 is 10.1 Å². The minimum atomic E-state index is -0.691. The summed E-state index contributed by atoms with van der Waals surface area (Å²) in [5, 5.41) is 11.5. The fourth-order valence-corrected chi connectivity index (χ4v) is 1.68. The Morgan fingerprint density at radius 1 is 1.50 bits per heavy atom. The molecule has 2 atom stereocenters. The van der Waals surface area contributed by atoms with Gasteiger partial charge in [0.1, 0.15) is 23.4 Å². The molecule has 0 aromatic heterocycles. The predicted molar refractivity (Wildman–Crippen MR) is 54.1 cm³/mol. The number of anilines is 1. The Balaban J connectivity index is 2.36. The number of benzene rings is 1. The summed E-state index contributed by atoms with van der Waals surface area (Å²) >= 11 is 0. The van der Waals surface area contributed by atoms with E-state index in [2.05, 4.69) is 5.32 Å². The van der Waals surface area contributed by atoms with E-state index in [-0.39, 0.29) is 23.9 Å². The molecule has 0 bridgehead atoms. The maximum atomic E-state index is 13.4. The van der Waals surface area contributed by atoms with Crippen molar-refractivity contribution in [2.75, 3.05) is 5.32 Å². The molecule has 0 fully saturated rings. The van der Waals surface area contributed by atoms with Gasteiger partial charge in [-0.1, -0.05) is 0 Å². The lowest BCUT2D eigenvalue weighted by Gasteiger charge is -2.31. The third-order valence-electron chi connectivity index (χ3n) is 2.52. The zero-order chi connectivity index (χ0) is 11.7. The summed E-state index contributed by atoms with van der Waals surface area (Å²) in [6.45, 7) is 1.79. The minimum absolute atomic E-state index is 0.121. The van der Waals surface area contributed by atoms with Crippen LogP contribution in [0, 0.1) is 23.0 Å². The molecule has 0 spiro atoms. The van der Waals surface area contributed by atoms with Crippen LogP contribution in [-0.4, -0.2) is 12.1 Å². The number of hydrogen-bond acceptors (Lipinski definition) is 3. The number of fused-ring (bicyclic) bond motifs is 1. The molecule has 0 radical (unpaired) electrons. The van der Waals surface area contributed by atoms with Gasteiger partial charge in [0.2, 0.25) is 0 Å². The molecule has 0 aliphatic carbocycles.